The van der Waals surface area contributed by atoms with Crippen molar-refractivity contribution in [2.75, 3.05) is 5.01 Å². The van der Waals surface area contributed by atoms with E-state index in [1.165, 1.54) is 23.5 Å². The number of anilines is 1. The van der Waals surface area contributed by atoms with Gasteiger partial charge in [-0.15, -0.1) is 15.3 Å². The largest absolute Gasteiger partial charge is 0.238 e. The first-order valence-corrected chi connectivity index (χ1v) is 15.5. The normalized spacial score (nSPS) is 15.5. The summed E-state index contributed by atoms with van der Waals surface area (Å²) in [6.45, 7) is 3.79. The standard InChI is InChI=1S/C28H24ClN9O2S2/c1-17-27(34-32-21-10-8-20(29)9-11-21)41-28(31-17)38-25(19-6-4-3-5-7-19)16-24(35-38)26-18(2)37(36-33-26)22-12-14-23(15-13-22)42(30,39)40/h3-15,25H,16H2,1-2H3,(H2,30,39,40). The molecule has 0 spiro atoms. The second-order valence-corrected chi connectivity index (χ2v) is 12.5. The third kappa shape index (κ3) is 5.59. The number of aromatic nitrogens is 4. The van der Waals surface area contributed by atoms with Crippen LogP contribution in [0.5, 0.6) is 0 Å². The van der Waals surface area contributed by atoms with Gasteiger partial charge in [0.05, 0.1) is 39.4 Å². The Morgan fingerprint density at radius 2 is 1.69 bits per heavy atom. The number of halogens is 1. The zero-order chi connectivity index (χ0) is 29.4. The molecule has 2 N–H and O–H groups in total. The molecule has 0 aliphatic carbocycles. The number of hydrogen-bond donors (Lipinski definition) is 1. The Balaban J connectivity index is 1.34. The lowest BCUT2D eigenvalue weighted by atomic mass is 10.0. The summed E-state index contributed by atoms with van der Waals surface area (Å²) in [5.74, 6) is 0. The van der Waals surface area contributed by atoms with Crippen molar-refractivity contribution >= 4 is 54.5 Å². The SMILES string of the molecule is Cc1nc(N2N=C(c3nnn(-c4ccc(S(N)(=O)=O)cc4)c3C)CC2c2ccccc2)sc1N=Nc1ccc(Cl)cc1. The molecule has 1 aliphatic heterocycles. The molecule has 0 fully saturated rings. The number of nitrogens with two attached hydrogens (primary N) is 1. The number of hydrogen-bond acceptors (Lipinski definition) is 10. The molecule has 3 aromatic carbocycles. The van der Waals surface area contributed by atoms with Crippen LogP contribution in [0.3, 0.4) is 0 Å². The zero-order valence-electron chi connectivity index (χ0n) is 22.5. The molecule has 6 rings (SSSR count). The van der Waals surface area contributed by atoms with Crippen molar-refractivity contribution in [3.8, 4) is 5.69 Å². The first-order valence-electron chi connectivity index (χ1n) is 12.8. The molecule has 2 aromatic heterocycles. The molecule has 1 unspecified atom stereocenters. The Morgan fingerprint density at radius 3 is 2.38 bits per heavy atom. The highest BCUT2D eigenvalue weighted by Gasteiger charge is 2.34. The zero-order valence-corrected chi connectivity index (χ0v) is 24.8. The molecule has 0 radical (unpaired) electrons. The second kappa shape index (κ2) is 11.2. The lowest BCUT2D eigenvalue weighted by Gasteiger charge is -2.21. The molecule has 0 amide bonds. The Hall–Kier alpha value is -4.30. The predicted octanol–water partition coefficient (Wildman–Crippen LogP) is 6.41. The van der Waals surface area contributed by atoms with E-state index < -0.39 is 10.0 Å². The first-order chi connectivity index (χ1) is 20.2. The van der Waals surface area contributed by atoms with Crippen molar-refractivity contribution in [1.82, 2.24) is 20.0 Å². The first kappa shape index (κ1) is 27.8. The number of aryl methyl sites for hydroxylation is 1. The Morgan fingerprint density at radius 1 is 0.976 bits per heavy atom. The van der Waals surface area contributed by atoms with Crippen LogP contribution in [-0.4, -0.2) is 34.1 Å². The Kier molecular flexibility index (Phi) is 7.41. The molecule has 5 aromatic rings. The number of azo groups is 1. The van der Waals surface area contributed by atoms with Crippen LogP contribution in [-0.2, 0) is 10.0 Å². The van der Waals surface area contributed by atoms with E-state index >= 15 is 0 Å². The van der Waals surface area contributed by atoms with Gasteiger partial charge in [-0.25, -0.2) is 28.2 Å². The fourth-order valence-corrected chi connectivity index (χ4v) is 6.09. The average molecular weight is 618 g/mol. The molecule has 3 heterocycles. The summed E-state index contributed by atoms with van der Waals surface area (Å²) in [5.41, 5.74) is 5.33. The number of thiazole rings is 1. The third-order valence-corrected chi connectivity index (χ3v) is 8.92. The lowest BCUT2D eigenvalue weighted by Crippen LogP contribution is -2.18. The predicted molar refractivity (Wildman–Crippen MR) is 163 cm³/mol. The summed E-state index contributed by atoms with van der Waals surface area (Å²) in [5, 5.41) is 31.7. The molecule has 0 saturated carbocycles. The van der Waals surface area contributed by atoms with Crippen LogP contribution in [0.15, 0.2) is 99.1 Å². The fraction of sp³-hybridized carbons (Fsp3) is 0.143. The summed E-state index contributed by atoms with van der Waals surface area (Å²) < 4.78 is 25.0. The molecule has 0 bridgehead atoms. The van der Waals surface area contributed by atoms with E-state index in [9.17, 15) is 8.42 Å². The van der Waals surface area contributed by atoms with E-state index in [2.05, 4.69) is 32.7 Å². The minimum atomic E-state index is -3.80. The van der Waals surface area contributed by atoms with E-state index in [1.54, 1.807) is 41.1 Å². The van der Waals surface area contributed by atoms with Gasteiger partial charge in [0.2, 0.25) is 15.2 Å². The van der Waals surface area contributed by atoms with Gasteiger partial charge in [0.25, 0.3) is 0 Å². The summed E-state index contributed by atoms with van der Waals surface area (Å²) in [4.78, 5) is 4.81. The van der Waals surface area contributed by atoms with Gasteiger partial charge >= 0.3 is 0 Å². The molecule has 0 saturated heterocycles. The Bertz CT molecular complexity index is 1920. The molecule has 11 nitrogen and oxygen atoms in total. The summed E-state index contributed by atoms with van der Waals surface area (Å²) in [7, 11) is -3.80. The molecule has 14 heteroatoms. The molecule has 1 aliphatic rings. The number of rotatable bonds is 7. The van der Waals surface area contributed by atoms with Crippen molar-refractivity contribution in [2.45, 2.75) is 31.2 Å². The molecule has 42 heavy (non-hydrogen) atoms. The van der Waals surface area contributed by atoms with Crippen molar-refractivity contribution < 1.29 is 8.42 Å². The number of benzene rings is 3. The summed E-state index contributed by atoms with van der Waals surface area (Å²) in [6.07, 6.45) is 0.578. The fourth-order valence-electron chi connectivity index (χ4n) is 4.56. The van der Waals surface area contributed by atoms with Crippen molar-refractivity contribution in [3.63, 3.8) is 0 Å². The Labute approximate surface area is 251 Å². The van der Waals surface area contributed by atoms with Gasteiger partial charge in [0.15, 0.2) is 5.00 Å². The minimum Gasteiger partial charge on any atom is -0.231 e. The van der Waals surface area contributed by atoms with Crippen molar-refractivity contribution in [1.29, 1.82) is 0 Å². The number of hydrazone groups is 1. The van der Waals surface area contributed by atoms with Crippen molar-refractivity contribution in [3.05, 3.63) is 107 Å². The summed E-state index contributed by atoms with van der Waals surface area (Å²) in [6, 6.07) is 23.3. The number of primary sulfonamides is 1. The van der Waals surface area contributed by atoms with Gasteiger partial charge in [-0.3, -0.25) is 0 Å². The topological polar surface area (TPSA) is 144 Å². The van der Waals surface area contributed by atoms with Crippen LogP contribution < -0.4 is 10.1 Å². The van der Waals surface area contributed by atoms with E-state index in [-0.39, 0.29) is 10.9 Å². The van der Waals surface area contributed by atoms with Gasteiger partial charge in [-0.1, -0.05) is 58.5 Å². The number of sulfonamides is 1. The van der Waals surface area contributed by atoms with Crippen LogP contribution in [0.4, 0.5) is 15.8 Å². The maximum absolute atomic E-state index is 11.7. The highest BCUT2D eigenvalue weighted by atomic mass is 35.5. The van der Waals surface area contributed by atoms with Crippen LogP contribution in [0.1, 0.15) is 35.1 Å². The van der Waals surface area contributed by atoms with Gasteiger partial charge in [0, 0.05) is 11.4 Å². The third-order valence-electron chi connectivity index (χ3n) is 6.71. The van der Waals surface area contributed by atoms with E-state index in [0.29, 0.717) is 38.6 Å². The van der Waals surface area contributed by atoms with Crippen LogP contribution in [0.25, 0.3) is 5.69 Å². The smallest absolute Gasteiger partial charge is 0.231 e. The van der Waals surface area contributed by atoms with Gasteiger partial charge in [-0.05, 0) is 67.9 Å². The molecule has 1 atom stereocenters. The maximum atomic E-state index is 11.7. The highest BCUT2D eigenvalue weighted by molar-refractivity contribution is 7.89. The van der Waals surface area contributed by atoms with Crippen molar-refractivity contribution in [2.24, 2.45) is 20.5 Å². The number of nitrogens with zero attached hydrogens (tertiary/aromatic N) is 8. The van der Waals surface area contributed by atoms with Gasteiger partial charge in [-0.2, -0.15) is 5.10 Å². The second-order valence-electron chi connectivity index (χ2n) is 9.56. The maximum Gasteiger partial charge on any atom is 0.238 e. The molecular weight excluding hydrogens is 594 g/mol. The van der Waals surface area contributed by atoms with E-state index in [0.717, 1.165) is 22.7 Å². The highest BCUT2D eigenvalue weighted by Crippen LogP contribution is 2.42. The van der Waals surface area contributed by atoms with E-state index in [4.69, 9.17) is 26.8 Å². The van der Waals surface area contributed by atoms with Crippen LogP contribution in [0, 0.1) is 13.8 Å². The van der Waals surface area contributed by atoms with Crippen LogP contribution >= 0.6 is 22.9 Å². The quantitative estimate of drug-likeness (QED) is 0.209. The molecule has 212 valence electrons. The average Bonchev–Trinajstić information content (AvgIpc) is 3.69. The van der Waals surface area contributed by atoms with Gasteiger partial charge in [0.1, 0.15) is 5.69 Å². The summed E-state index contributed by atoms with van der Waals surface area (Å²) >= 11 is 7.39. The molecular formula is C28H24ClN9O2S2. The van der Waals surface area contributed by atoms with Gasteiger partial charge < -0.3 is 0 Å². The monoisotopic (exact) mass is 617 g/mol. The minimum absolute atomic E-state index is 0.0246. The van der Waals surface area contributed by atoms with E-state index in [1.807, 2.05) is 37.1 Å². The lowest BCUT2D eigenvalue weighted by molar-refractivity contribution is 0.597. The van der Waals surface area contributed by atoms with Crippen LogP contribution in [0.2, 0.25) is 5.02 Å².